The van der Waals surface area contributed by atoms with Crippen LogP contribution >= 0.6 is 0 Å². The number of nitrogens with one attached hydrogen (secondary N) is 1. The predicted molar refractivity (Wildman–Crippen MR) is 124 cm³/mol. The molecule has 1 aromatic heterocycles. The monoisotopic (exact) mass is 414 g/mol. The molecule has 0 radical (unpaired) electrons. The summed E-state index contributed by atoms with van der Waals surface area (Å²) < 4.78 is 5.30. The molecule has 1 aliphatic rings. The van der Waals surface area contributed by atoms with Gasteiger partial charge in [0.25, 0.3) is 5.91 Å². The van der Waals surface area contributed by atoms with Crippen molar-refractivity contribution in [3.05, 3.63) is 77.0 Å². The second-order valence-electron chi connectivity index (χ2n) is 7.84. The molecule has 1 saturated carbocycles. The Morgan fingerprint density at radius 2 is 2.06 bits per heavy atom. The van der Waals surface area contributed by atoms with Crippen molar-refractivity contribution in [1.82, 2.24) is 10.3 Å². The minimum Gasteiger partial charge on any atom is -0.497 e. The molecule has 0 saturated heterocycles. The Balaban J connectivity index is 1.76. The number of rotatable bonds is 6. The van der Waals surface area contributed by atoms with Crippen LogP contribution in [0.2, 0.25) is 0 Å². The quantitative estimate of drug-likeness (QED) is 0.597. The molecule has 31 heavy (non-hydrogen) atoms. The maximum Gasteiger partial charge on any atom is 0.252 e. The van der Waals surface area contributed by atoms with E-state index in [0.29, 0.717) is 17.0 Å². The third-order valence-corrected chi connectivity index (χ3v) is 5.77. The van der Waals surface area contributed by atoms with Crippen LogP contribution in [-0.2, 0) is 5.54 Å². The number of hydrogen-bond donors (Lipinski definition) is 2. The Labute approximate surface area is 181 Å². The molecule has 1 fully saturated rings. The van der Waals surface area contributed by atoms with E-state index in [9.17, 15) is 4.79 Å². The highest BCUT2D eigenvalue weighted by molar-refractivity contribution is 5.98. The lowest BCUT2D eigenvalue weighted by Gasteiger charge is -2.22. The third-order valence-electron chi connectivity index (χ3n) is 5.77. The summed E-state index contributed by atoms with van der Waals surface area (Å²) in [4.78, 5) is 21.7. The van der Waals surface area contributed by atoms with Gasteiger partial charge in [0.2, 0.25) is 0 Å². The zero-order valence-electron chi connectivity index (χ0n) is 18.0. The Kier molecular flexibility index (Phi) is 5.46. The summed E-state index contributed by atoms with van der Waals surface area (Å²) in [6.07, 6.45) is 6.91. The normalized spacial score (nSPS) is 15.3. The average Bonchev–Trinajstić information content (AvgIpc) is 3.57. The summed E-state index contributed by atoms with van der Waals surface area (Å²) in [5, 5.41) is 4.30. The number of aliphatic imine (C=N–C) groups is 1. The molecule has 158 valence electrons. The van der Waals surface area contributed by atoms with Crippen molar-refractivity contribution in [3.8, 4) is 5.75 Å². The van der Waals surface area contributed by atoms with E-state index >= 15 is 0 Å². The molecule has 0 atom stereocenters. The fraction of sp³-hybridized carbons (Fsp3) is 0.240. The number of allylic oxidation sites excluding steroid dienone is 1. The first-order chi connectivity index (χ1) is 15.0. The van der Waals surface area contributed by atoms with Gasteiger partial charge in [-0.05, 0) is 72.9 Å². The lowest BCUT2D eigenvalue weighted by Crippen LogP contribution is -2.35. The van der Waals surface area contributed by atoms with Gasteiger partial charge in [-0.25, -0.2) is 0 Å². The number of benzene rings is 2. The van der Waals surface area contributed by atoms with Crippen LogP contribution in [0.4, 0.5) is 0 Å². The molecule has 1 amide bonds. The first kappa shape index (κ1) is 20.6. The maximum absolute atomic E-state index is 13.2. The van der Waals surface area contributed by atoms with Gasteiger partial charge in [-0.3, -0.25) is 14.8 Å². The van der Waals surface area contributed by atoms with Crippen molar-refractivity contribution in [1.29, 1.82) is 0 Å². The Hall–Kier alpha value is -3.67. The Bertz CT molecular complexity index is 1210. The minimum atomic E-state index is -0.441. The van der Waals surface area contributed by atoms with E-state index in [1.54, 1.807) is 38.7 Å². The van der Waals surface area contributed by atoms with E-state index in [1.807, 2.05) is 37.3 Å². The van der Waals surface area contributed by atoms with Gasteiger partial charge in [-0.2, -0.15) is 0 Å². The van der Waals surface area contributed by atoms with Crippen molar-refractivity contribution in [2.45, 2.75) is 25.3 Å². The molecule has 0 bridgehead atoms. The molecule has 1 heterocycles. The number of carbonyl (C=O) groups is 1. The summed E-state index contributed by atoms with van der Waals surface area (Å²) in [6, 6.07) is 13.5. The van der Waals surface area contributed by atoms with Crippen LogP contribution in [-0.4, -0.2) is 31.3 Å². The summed E-state index contributed by atoms with van der Waals surface area (Å²) in [7, 11) is 3.30. The molecule has 6 heteroatoms. The molecule has 0 unspecified atom stereocenters. The summed E-state index contributed by atoms with van der Waals surface area (Å²) >= 11 is 0. The largest absolute Gasteiger partial charge is 0.497 e. The standard InChI is InChI=1S/C25H26N4O2/c1-16-6-7-18(31-3)15-20(16)24(30)29-25(9-10-25)21-13-17(22(26)8-12-27-2)14-23-19(21)5-4-11-28-23/h4-8,11-15H,9-10,26H2,1-3H3,(H,29,30). The number of pyridine rings is 1. The number of amides is 1. The van der Waals surface area contributed by atoms with E-state index in [2.05, 4.69) is 21.4 Å². The van der Waals surface area contributed by atoms with Gasteiger partial charge in [0.15, 0.2) is 0 Å². The smallest absolute Gasteiger partial charge is 0.252 e. The molecule has 3 N–H and O–H groups in total. The zero-order chi connectivity index (χ0) is 22.0. The molecule has 1 aliphatic carbocycles. The van der Waals surface area contributed by atoms with Crippen LogP contribution < -0.4 is 15.8 Å². The molecule has 4 rings (SSSR count). The Morgan fingerprint density at radius 1 is 1.26 bits per heavy atom. The molecule has 0 aliphatic heterocycles. The van der Waals surface area contributed by atoms with Crippen molar-refractivity contribution in [2.24, 2.45) is 10.7 Å². The molecule has 2 aromatic carbocycles. The number of ether oxygens (including phenoxy) is 1. The SMILES string of the molecule is CN=CC=C(N)c1cc(C2(NC(=O)c3cc(OC)ccc3C)CC2)c2cccnc2c1. The van der Waals surface area contributed by atoms with Gasteiger partial charge in [0, 0.05) is 36.1 Å². The van der Waals surface area contributed by atoms with Gasteiger partial charge in [0.05, 0.1) is 18.2 Å². The molecular weight excluding hydrogens is 388 g/mol. The number of aromatic nitrogens is 1. The van der Waals surface area contributed by atoms with Crippen molar-refractivity contribution >= 4 is 28.7 Å². The maximum atomic E-state index is 13.2. The van der Waals surface area contributed by atoms with E-state index < -0.39 is 5.54 Å². The van der Waals surface area contributed by atoms with Crippen LogP contribution in [0.25, 0.3) is 16.6 Å². The molecular formula is C25H26N4O2. The number of aryl methyl sites for hydroxylation is 1. The highest BCUT2D eigenvalue weighted by Gasteiger charge is 2.47. The topological polar surface area (TPSA) is 89.6 Å². The van der Waals surface area contributed by atoms with Crippen molar-refractivity contribution < 1.29 is 9.53 Å². The summed E-state index contributed by atoms with van der Waals surface area (Å²) in [5.41, 5.74) is 10.7. The number of methoxy groups -OCH3 is 1. The number of hydrogen-bond acceptors (Lipinski definition) is 5. The van der Waals surface area contributed by atoms with E-state index in [4.69, 9.17) is 10.5 Å². The van der Waals surface area contributed by atoms with Gasteiger partial charge < -0.3 is 15.8 Å². The second kappa shape index (κ2) is 8.22. The lowest BCUT2D eigenvalue weighted by molar-refractivity contribution is 0.0930. The Morgan fingerprint density at radius 3 is 2.77 bits per heavy atom. The summed E-state index contributed by atoms with van der Waals surface area (Å²) in [5.74, 6) is 0.547. The number of fused-ring (bicyclic) bond motifs is 1. The van der Waals surface area contributed by atoms with Crippen LogP contribution in [0.3, 0.4) is 0 Å². The minimum absolute atomic E-state index is 0.113. The van der Waals surface area contributed by atoms with Gasteiger partial charge in [-0.1, -0.05) is 12.1 Å². The average molecular weight is 415 g/mol. The van der Waals surface area contributed by atoms with Crippen LogP contribution in [0.15, 0.2) is 59.7 Å². The second-order valence-corrected chi connectivity index (χ2v) is 7.84. The van der Waals surface area contributed by atoms with Crippen LogP contribution in [0, 0.1) is 6.92 Å². The first-order valence-corrected chi connectivity index (χ1v) is 10.2. The van der Waals surface area contributed by atoms with E-state index in [1.165, 1.54) is 0 Å². The van der Waals surface area contributed by atoms with Gasteiger partial charge >= 0.3 is 0 Å². The van der Waals surface area contributed by atoms with Gasteiger partial charge in [-0.15, -0.1) is 0 Å². The van der Waals surface area contributed by atoms with Gasteiger partial charge in [0.1, 0.15) is 5.75 Å². The number of nitrogens with two attached hydrogens (primary N) is 1. The van der Waals surface area contributed by atoms with E-state index in [-0.39, 0.29) is 5.91 Å². The highest BCUT2D eigenvalue weighted by Crippen LogP contribution is 2.48. The first-order valence-electron chi connectivity index (χ1n) is 10.2. The molecule has 6 nitrogen and oxygen atoms in total. The fourth-order valence-electron chi connectivity index (χ4n) is 3.84. The zero-order valence-corrected chi connectivity index (χ0v) is 18.0. The predicted octanol–water partition coefficient (Wildman–Crippen LogP) is 3.97. The van der Waals surface area contributed by atoms with Crippen LogP contribution in [0.5, 0.6) is 5.75 Å². The third kappa shape index (κ3) is 4.01. The number of nitrogens with zero attached hydrogens (tertiary/aromatic N) is 2. The fourth-order valence-corrected chi connectivity index (χ4v) is 3.84. The summed E-state index contributed by atoms with van der Waals surface area (Å²) in [6.45, 7) is 1.93. The van der Waals surface area contributed by atoms with E-state index in [0.717, 1.165) is 40.4 Å². The van der Waals surface area contributed by atoms with Crippen molar-refractivity contribution in [2.75, 3.05) is 14.2 Å². The molecule has 3 aromatic rings. The number of carbonyl (C=O) groups excluding carboxylic acids is 1. The van der Waals surface area contributed by atoms with Crippen molar-refractivity contribution in [3.63, 3.8) is 0 Å². The lowest BCUT2D eigenvalue weighted by atomic mass is 9.94. The highest BCUT2D eigenvalue weighted by atomic mass is 16.5. The molecule has 0 spiro atoms. The van der Waals surface area contributed by atoms with Crippen LogP contribution in [0.1, 0.15) is 39.9 Å².